The highest BCUT2D eigenvalue weighted by atomic mass is 79.9. The van der Waals surface area contributed by atoms with Gasteiger partial charge in [0.25, 0.3) is 0 Å². The number of fused-ring (bicyclic) bond motifs is 1. The van der Waals surface area contributed by atoms with E-state index in [0.29, 0.717) is 35.4 Å². The van der Waals surface area contributed by atoms with Crippen molar-refractivity contribution in [2.75, 3.05) is 18.0 Å². The van der Waals surface area contributed by atoms with Crippen LogP contribution in [-0.4, -0.2) is 36.9 Å². The molecule has 3 heterocycles. The van der Waals surface area contributed by atoms with Gasteiger partial charge in [-0.3, -0.25) is 4.79 Å². The molecule has 1 amide bonds. The topological polar surface area (TPSA) is 83.7 Å². The average Bonchev–Trinajstić information content (AvgIpc) is 3.32. The third-order valence-corrected chi connectivity index (χ3v) is 7.96. The minimum absolute atomic E-state index is 0.152. The average molecular weight is 468 g/mol. The van der Waals surface area contributed by atoms with Crippen LogP contribution in [0, 0.1) is 13.8 Å². The van der Waals surface area contributed by atoms with Crippen molar-refractivity contribution in [3.63, 3.8) is 0 Å². The van der Waals surface area contributed by atoms with Crippen LogP contribution in [0.1, 0.15) is 48.4 Å². The van der Waals surface area contributed by atoms with Crippen LogP contribution in [0.2, 0.25) is 0 Å². The summed E-state index contributed by atoms with van der Waals surface area (Å²) in [5, 5.41) is 4.00. The SMILES string of the molecule is CC(=O)N1CCc2cc(Br)cc(S(=O)(=O)N3CCC[C@@H]3c3c(C)noc3C)c21. The molecule has 0 spiro atoms. The van der Waals surface area contributed by atoms with Crippen LogP contribution in [0.5, 0.6) is 0 Å². The van der Waals surface area contributed by atoms with E-state index in [-0.39, 0.29) is 16.8 Å². The Balaban J connectivity index is 1.85. The molecule has 0 unspecified atom stereocenters. The Morgan fingerprint density at radius 1 is 1.29 bits per heavy atom. The number of aromatic nitrogens is 1. The lowest BCUT2D eigenvalue weighted by atomic mass is 10.0. The standard InChI is InChI=1S/C19H22BrN3O4S/c1-11-18(12(2)27-21-11)16-5-4-7-23(16)28(25,26)17-10-15(20)9-14-6-8-22(13(3)24)19(14)17/h9-10,16H,4-8H2,1-3H3/t16-/m1/s1. The molecular weight excluding hydrogens is 446 g/mol. The molecule has 7 nitrogen and oxygen atoms in total. The summed E-state index contributed by atoms with van der Waals surface area (Å²) in [5.74, 6) is 0.496. The van der Waals surface area contributed by atoms with Crippen LogP contribution < -0.4 is 4.90 Å². The molecular formula is C19H22BrN3O4S. The molecule has 0 saturated carbocycles. The molecule has 0 aliphatic carbocycles. The van der Waals surface area contributed by atoms with E-state index in [1.165, 1.54) is 11.2 Å². The first-order valence-corrected chi connectivity index (χ1v) is 11.5. The number of nitrogens with zero attached hydrogens (tertiary/aromatic N) is 3. The number of benzene rings is 1. The summed E-state index contributed by atoms with van der Waals surface area (Å²) in [6.07, 6.45) is 2.12. The summed E-state index contributed by atoms with van der Waals surface area (Å²) >= 11 is 3.44. The lowest BCUT2D eigenvalue weighted by Gasteiger charge is -2.27. The van der Waals surface area contributed by atoms with Gasteiger partial charge < -0.3 is 9.42 Å². The van der Waals surface area contributed by atoms with Crippen LogP contribution in [0.3, 0.4) is 0 Å². The molecule has 0 radical (unpaired) electrons. The van der Waals surface area contributed by atoms with Gasteiger partial charge in [0.1, 0.15) is 10.7 Å². The molecule has 2 aliphatic rings. The zero-order valence-electron chi connectivity index (χ0n) is 16.0. The van der Waals surface area contributed by atoms with Crippen LogP contribution in [0.15, 0.2) is 26.0 Å². The van der Waals surface area contributed by atoms with Gasteiger partial charge in [-0.25, -0.2) is 8.42 Å². The first-order chi connectivity index (χ1) is 13.2. The zero-order valence-corrected chi connectivity index (χ0v) is 18.4. The predicted octanol–water partition coefficient (Wildman–Crippen LogP) is 3.49. The number of hydrogen-bond donors (Lipinski definition) is 0. The Morgan fingerprint density at radius 3 is 2.68 bits per heavy atom. The molecule has 0 N–H and O–H groups in total. The first kappa shape index (κ1) is 19.6. The second-order valence-electron chi connectivity index (χ2n) is 7.34. The minimum Gasteiger partial charge on any atom is -0.361 e. The number of anilines is 1. The van der Waals surface area contributed by atoms with E-state index in [1.54, 1.807) is 11.0 Å². The molecule has 28 heavy (non-hydrogen) atoms. The largest absolute Gasteiger partial charge is 0.361 e. The fraction of sp³-hybridized carbons (Fsp3) is 0.474. The molecule has 2 aromatic rings. The van der Waals surface area contributed by atoms with Gasteiger partial charge in [0.15, 0.2) is 0 Å². The summed E-state index contributed by atoms with van der Waals surface area (Å²) < 4.78 is 35.0. The molecule has 2 aliphatic heterocycles. The molecule has 150 valence electrons. The maximum atomic E-state index is 13.8. The summed E-state index contributed by atoms with van der Waals surface area (Å²) in [7, 11) is -3.82. The van der Waals surface area contributed by atoms with Crippen molar-refractivity contribution in [2.45, 2.75) is 51.0 Å². The van der Waals surface area contributed by atoms with E-state index in [1.807, 2.05) is 19.9 Å². The predicted molar refractivity (Wildman–Crippen MR) is 108 cm³/mol. The molecule has 1 fully saturated rings. The number of hydrogen-bond acceptors (Lipinski definition) is 5. The van der Waals surface area contributed by atoms with Crippen molar-refractivity contribution in [3.8, 4) is 0 Å². The molecule has 4 rings (SSSR count). The fourth-order valence-electron chi connectivity index (χ4n) is 4.39. The molecule has 1 atom stereocenters. The lowest BCUT2D eigenvalue weighted by molar-refractivity contribution is -0.116. The number of halogens is 1. The summed E-state index contributed by atoms with van der Waals surface area (Å²) in [6.45, 7) is 6.04. The second-order valence-corrected chi connectivity index (χ2v) is 10.1. The molecule has 1 saturated heterocycles. The van der Waals surface area contributed by atoms with Gasteiger partial charge in [-0.15, -0.1) is 0 Å². The molecule has 0 bridgehead atoms. The minimum atomic E-state index is -3.82. The monoisotopic (exact) mass is 467 g/mol. The quantitative estimate of drug-likeness (QED) is 0.689. The van der Waals surface area contributed by atoms with Gasteiger partial charge in [0.05, 0.1) is 17.4 Å². The smallest absolute Gasteiger partial charge is 0.245 e. The van der Waals surface area contributed by atoms with Crippen LogP contribution >= 0.6 is 15.9 Å². The van der Waals surface area contributed by atoms with Gasteiger partial charge >= 0.3 is 0 Å². The van der Waals surface area contributed by atoms with Gasteiger partial charge in [0.2, 0.25) is 15.9 Å². The molecule has 1 aromatic carbocycles. The van der Waals surface area contributed by atoms with Crippen molar-refractivity contribution in [1.82, 2.24) is 9.46 Å². The first-order valence-electron chi connectivity index (χ1n) is 9.27. The Hall–Kier alpha value is -1.71. The highest BCUT2D eigenvalue weighted by molar-refractivity contribution is 9.10. The van der Waals surface area contributed by atoms with Crippen LogP contribution in [0.4, 0.5) is 5.69 Å². The van der Waals surface area contributed by atoms with Gasteiger partial charge in [-0.05, 0) is 50.8 Å². The Labute approximate surface area is 172 Å². The van der Waals surface area contributed by atoms with E-state index >= 15 is 0 Å². The number of aryl methyl sites for hydroxylation is 2. The Bertz CT molecular complexity index is 1040. The van der Waals surface area contributed by atoms with Gasteiger partial charge in [-0.1, -0.05) is 21.1 Å². The van der Waals surface area contributed by atoms with E-state index in [9.17, 15) is 13.2 Å². The van der Waals surface area contributed by atoms with E-state index in [0.717, 1.165) is 29.7 Å². The summed E-state index contributed by atoms with van der Waals surface area (Å²) in [4.78, 5) is 13.9. The number of carbonyl (C=O) groups is 1. The Morgan fingerprint density at radius 2 is 2.04 bits per heavy atom. The molecule has 9 heteroatoms. The number of amides is 1. The number of rotatable bonds is 3. The van der Waals surface area contributed by atoms with Crippen molar-refractivity contribution >= 4 is 37.5 Å². The third-order valence-electron chi connectivity index (χ3n) is 5.59. The van der Waals surface area contributed by atoms with E-state index < -0.39 is 10.0 Å². The van der Waals surface area contributed by atoms with E-state index in [4.69, 9.17) is 4.52 Å². The normalized spacial score (nSPS) is 20.0. The Kier molecular flexibility index (Phi) is 4.87. The maximum absolute atomic E-state index is 13.8. The van der Waals surface area contributed by atoms with Gasteiger partial charge in [-0.2, -0.15) is 4.31 Å². The number of sulfonamides is 1. The third kappa shape index (κ3) is 3.00. The van der Waals surface area contributed by atoms with Crippen molar-refractivity contribution < 1.29 is 17.7 Å². The summed E-state index contributed by atoms with van der Waals surface area (Å²) in [6, 6.07) is 3.20. The van der Waals surface area contributed by atoms with Crippen molar-refractivity contribution in [1.29, 1.82) is 0 Å². The lowest BCUT2D eigenvalue weighted by Crippen LogP contribution is -2.33. The van der Waals surface area contributed by atoms with Crippen LogP contribution in [0.25, 0.3) is 0 Å². The fourth-order valence-corrected chi connectivity index (χ4v) is 6.98. The molecule has 1 aromatic heterocycles. The van der Waals surface area contributed by atoms with Gasteiger partial charge in [0, 0.05) is 30.0 Å². The summed E-state index contributed by atoms with van der Waals surface area (Å²) in [5.41, 5.74) is 2.95. The van der Waals surface area contributed by atoms with E-state index in [2.05, 4.69) is 21.1 Å². The highest BCUT2D eigenvalue weighted by Crippen LogP contribution is 2.44. The number of carbonyl (C=O) groups excluding carboxylic acids is 1. The second kappa shape index (κ2) is 6.96. The maximum Gasteiger partial charge on any atom is 0.245 e. The van der Waals surface area contributed by atoms with Crippen molar-refractivity contribution in [3.05, 3.63) is 39.2 Å². The van der Waals surface area contributed by atoms with Crippen molar-refractivity contribution in [2.24, 2.45) is 0 Å². The van der Waals surface area contributed by atoms with Crippen LogP contribution in [-0.2, 0) is 21.2 Å². The zero-order chi connectivity index (χ0) is 20.2. The highest BCUT2D eigenvalue weighted by Gasteiger charge is 2.41.